The number of hydrogen-bond donors (Lipinski definition) is 2. The largest absolute Gasteiger partial charge is 0.434 e. The first-order valence-corrected chi connectivity index (χ1v) is 9.48. The maximum absolute atomic E-state index is 13.2. The van der Waals surface area contributed by atoms with E-state index in [9.17, 15) is 17.6 Å². The molecule has 158 valence electrons. The average molecular weight is 410 g/mol. The number of nitrogens with one attached hydrogen (secondary N) is 2. The number of hydrogen-bond acceptors (Lipinski definition) is 4. The van der Waals surface area contributed by atoms with Crippen molar-refractivity contribution in [2.75, 3.05) is 18.9 Å². The molecule has 0 unspecified atom stereocenters. The van der Waals surface area contributed by atoms with Gasteiger partial charge in [-0.25, -0.2) is 14.4 Å². The molecule has 4 nitrogen and oxygen atoms in total. The van der Waals surface area contributed by atoms with Crippen LogP contribution in [-0.4, -0.2) is 23.6 Å². The van der Waals surface area contributed by atoms with Gasteiger partial charge < -0.3 is 10.6 Å². The summed E-state index contributed by atoms with van der Waals surface area (Å²) in [4.78, 5) is 7.19. The molecule has 1 heterocycles. The molecule has 1 aliphatic carbocycles. The zero-order valence-corrected chi connectivity index (χ0v) is 16.6. The topological polar surface area (TPSA) is 49.8 Å². The molecule has 1 aromatic heterocycles. The van der Waals surface area contributed by atoms with Gasteiger partial charge in [-0.1, -0.05) is 25.5 Å². The minimum Gasteiger partial charge on any atom is -0.324 e. The van der Waals surface area contributed by atoms with Gasteiger partial charge >= 0.3 is 6.18 Å². The molecular weight excluding hydrogens is 384 g/mol. The van der Waals surface area contributed by atoms with Crippen molar-refractivity contribution in [2.45, 2.75) is 38.8 Å². The van der Waals surface area contributed by atoms with Crippen molar-refractivity contribution < 1.29 is 17.6 Å². The summed E-state index contributed by atoms with van der Waals surface area (Å²) in [6.07, 6.45) is 3.26. The van der Waals surface area contributed by atoms with Crippen LogP contribution < -0.4 is 10.6 Å². The molecule has 3 rings (SSSR count). The van der Waals surface area contributed by atoms with Crippen LogP contribution >= 0.6 is 0 Å². The van der Waals surface area contributed by atoms with Gasteiger partial charge in [0.05, 0.1) is 0 Å². The lowest BCUT2D eigenvalue weighted by Crippen LogP contribution is -2.15. The zero-order chi connectivity index (χ0) is 21.4. The molecule has 0 spiro atoms. The third-order valence-corrected chi connectivity index (χ3v) is 4.57. The van der Waals surface area contributed by atoms with Gasteiger partial charge in [0, 0.05) is 17.4 Å². The van der Waals surface area contributed by atoms with E-state index in [4.69, 9.17) is 0 Å². The molecule has 1 aromatic carbocycles. The second-order valence-corrected chi connectivity index (χ2v) is 7.05. The highest BCUT2D eigenvalue weighted by Crippen LogP contribution is 2.31. The quantitative estimate of drug-likeness (QED) is 0.619. The first-order valence-electron chi connectivity index (χ1n) is 9.48. The second-order valence-electron chi connectivity index (χ2n) is 7.05. The summed E-state index contributed by atoms with van der Waals surface area (Å²) in [5, 5.41) is 5.76. The van der Waals surface area contributed by atoms with Crippen LogP contribution in [0.1, 0.15) is 42.5 Å². The van der Waals surface area contributed by atoms with E-state index in [1.54, 1.807) is 13.0 Å². The molecule has 0 saturated heterocycles. The van der Waals surface area contributed by atoms with Crippen molar-refractivity contribution in [3.63, 3.8) is 0 Å². The maximum atomic E-state index is 13.2. The Hall–Kier alpha value is -2.48. The smallest absolute Gasteiger partial charge is 0.324 e. The van der Waals surface area contributed by atoms with Crippen molar-refractivity contribution in [2.24, 2.45) is 5.92 Å². The van der Waals surface area contributed by atoms with Crippen molar-refractivity contribution in [1.29, 1.82) is 0 Å². The second kappa shape index (κ2) is 10.3. The summed E-state index contributed by atoms with van der Waals surface area (Å²) in [6, 6.07) is 4.01. The van der Waals surface area contributed by atoms with Gasteiger partial charge in [-0.15, -0.1) is 0 Å². The Balaban J connectivity index is 0.000000313. The summed E-state index contributed by atoms with van der Waals surface area (Å²) >= 11 is 0. The van der Waals surface area contributed by atoms with E-state index in [2.05, 4.69) is 27.2 Å². The Morgan fingerprint density at radius 2 is 1.90 bits per heavy atom. The number of nitrogens with zero attached hydrogens (tertiary/aromatic N) is 2. The molecule has 0 bridgehead atoms. The van der Waals surface area contributed by atoms with Gasteiger partial charge in [0.25, 0.3) is 0 Å². The minimum absolute atomic E-state index is 0.219. The third kappa shape index (κ3) is 7.12. The SMILES string of the molecule is C=Cc1cnc(Nc2cc(C)cc(F)c2)nc1C(F)(F)F.CNCC1CCCC1. The molecule has 0 aliphatic heterocycles. The van der Waals surface area contributed by atoms with Crippen molar-refractivity contribution in [1.82, 2.24) is 15.3 Å². The normalized spacial score (nSPS) is 14.3. The van der Waals surface area contributed by atoms with E-state index in [1.165, 1.54) is 38.3 Å². The van der Waals surface area contributed by atoms with Gasteiger partial charge in [0.1, 0.15) is 5.82 Å². The Morgan fingerprint density at radius 1 is 1.21 bits per heavy atom. The number of aromatic nitrogens is 2. The number of halogens is 4. The number of aryl methyl sites for hydroxylation is 1. The third-order valence-electron chi connectivity index (χ3n) is 4.57. The highest BCUT2D eigenvalue weighted by atomic mass is 19.4. The molecule has 1 saturated carbocycles. The summed E-state index contributed by atoms with van der Waals surface area (Å²) in [6.45, 7) is 6.19. The summed E-state index contributed by atoms with van der Waals surface area (Å²) in [5.74, 6) is 0.231. The molecule has 0 atom stereocenters. The van der Waals surface area contributed by atoms with E-state index >= 15 is 0 Å². The van der Waals surface area contributed by atoms with Gasteiger partial charge in [0.15, 0.2) is 5.69 Å². The molecule has 0 radical (unpaired) electrons. The highest BCUT2D eigenvalue weighted by Gasteiger charge is 2.35. The van der Waals surface area contributed by atoms with Gasteiger partial charge in [0.2, 0.25) is 5.95 Å². The molecule has 2 aromatic rings. The van der Waals surface area contributed by atoms with Crippen LogP contribution in [-0.2, 0) is 6.18 Å². The van der Waals surface area contributed by atoms with E-state index in [0.29, 0.717) is 5.56 Å². The summed E-state index contributed by atoms with van der Waals surface area (Å²) in [5.41, 5.74) is -0.421. The highest BCUT2D eigenvalue weighted by molar-refractivity contribution is 5.57. The van der Waals surface area contributed by atoms with Crippen molar-refractivity contribution in [3.8, 4) is 0 Å². The molecule has 2 N–H and O–H groups in total. The minimum atomic E-state index is -4.62. The lowest BCUT2D eigenvalue weighted by molar-refractivity contribution is -0.141. The first kappa shape index (κ1) is 22.8. The molecule has 1 fully saturated rings. The Morgan fingerprint density at radius 3 is 2.45 bits per heavy atom. The predicted molar refractivity (Wildman–Crippen MR) is 107 cm³/mol. The summed E-state index contributed by atoms with van der Waals surface area (Å²) in [7, 11) is 2.04. The van der Waals surface area contributed by atoms with Gasteiger partial charge in [-0.05, 0) is 63.0 Å². The van der Waals surface area contributed by atoms with Crippen LogP contribution in [0.5, 0.6) is 0 Å². The fraction of sp³-hybridized carbons (Fsp3) is 0.429. The Labute approximate surface area is 168 Å². The van der Waals surface area contributed by atoms with Crippen LogP contribution in [0.15, 0.2) is 31.0 Å². The molecular formula is C21H26F4N4. The fourth-order valence-corrected chi connectivity index (χ4v) is 3.27. The van der Waals surface area contributed by atoms with E-state index < -0.39 is 17.7 Å². The lowest BCUT2D eigenvalue weighted by atomic mass is 10.1. The van der Waals surface area contributed by atoms with Gasteiger partial charge in [-0.2, -0.15) is 13.2 Å². The van der Waals surface area contributed by atoms with E-state index in [0.717, 1.165) is 24.3 Å². The average Bonchev–Trinajstić information content (AvgIpc) is 3.14. The van der Waals surface area contributed by atoms with Crippen LogP contribution in [0.4, 0.5) is 29.2 Å². The monoisotopic (exact) mass is 410 g/mol. The molecule has 8 heteroatoms. The standard InChI is InChI=1S/C14H11F4N3.C7H15N/c1-3-9-7-19-13(21-12(9)14(16,17)18)20-11-5-8(2)4-10(15)6-11;1-8-6-7-4-2-3-5-7/h3-7H,1H2,2H3,(H,19,20,21);7-8H,2-6H2,1H3. The van der Waals surface area contributed by atoms with Crippen LogP contribution in [0.2, 0.25) is 0 Å². The zero-order valence-electron chi connectivity index (χ0n) is 16.6. The number of anilines is 2. The summed E-state index contributed by atoms with van der Waals surface area (Å²) < 4.78 is 51.8. The van der Waals surface area contributed by atoms with E-state index in [1.807, 2.05) is 7.05 Å². The molecule has 0 amide bonds. The maximum Gasteiger partial charge on any atom is 0.434 e. The van der Waals surface area contributed by atoms with E-state index in [-0.39, 0.29) is 17.2 Å². The first-order chi connectivity index (χ1) is 13.7. The van der Waals surface area contributed by atoms with Gasteiger partial charge in [-0.3, -0.25) is 0 Å². The Kier molecular flexibility index (Phi) is 8.13. The number of alkyl halides is 3. The van der Waals surface area contributed by atoms with Crippen LogP contribution in [0, 0.1) is 18.7 Å². The number of benzene rings is 1. The van der Waals surface area contributed by atoms with Crippen molar-refractivity contribution >= 4 is 17.7 Å². The molecule has 1 aliphatic rings. The molecule has 29 heavy (non-hydrogen) atoms. The lowest BCUT2D eigenvalue weighted by Gasteiger charge is -2.11. The fourth-order valence-electron chi connectivity index (χ4n) is 3.27. The predicted octanol–water partition coefficient (Wildman–Crippen LogP) is 5.73. The number of rotatable bonds is 5. The van der Waals surface area contributed by atoms with Crippen LogP contribution in [0.25, 0.3) is 6.08 Å². The van der Waals surface area contributed by atoms with Crippen molar-refractivity contribution in [3.05, 3.63) is 53.6 Å². The Bertz CT molecular complexity index is 795. The van der Waals surface area contributed by atoms with Crippen LogP contribution in [0.3, 0.4) is 0 Å².